The minimum atomic E-state index is 0.426. The molecule has 0 saturated carbocycles. The number of carbonyl (C=O) groups is 1. The number of hydrogen-bond donors (Lipinski definition) is 0. The monoisotopic (exact) mass is 246 g/mol. The van der Waals surface area contributed by atoms with E-state index in [2.05, 4.69) is 38.1 Å². The highest BCUT2D eigenvalue weighted by Gasteiger charge is 2.14. The smallest absolute Gasteiger partial charge is 0.133 e. The van der Waals surface area contributed by atoms with Crippen LogP contribution < -0.4 is 0 Å². The summed E-state index contributed by atoms with van der Waals surface area (Å²) < 4.78 is 0. The normalized spacial score (nSPS) is 12.3. The molecular weight excluding hydrogens is 220 g/mol. The highest BCUT2D eigenvalue weighted by molar-refractivity contribution is 5.79. The van der Waals surface area contributed by atoms with Crippen molar-refractivity contribution in [2.24, 2.45) is 0 Å². The second-order valence-corrected chi connectivity index (χ2v) is 5.10. The number of rotatable bonds is 9. The molecule has 0 spiro atoms. The molecule has 0 unspecified atom stereocenters. The number of carbonyl (C=O) groups excluding carboxylic acids is 1. The zero-order chi connectivity index (χ0) is 13.2. The molecule has 1 aromatic carbocycles. The molecule has 0 fully saturated rings. The first-order valence-electron chi connectivity index (χ1n) is 7.34. The summed E-state index contributed by atoms with van der Waals surface area (Å²) in [7, 11) is 0. The molecule has 0 aliphatic rings. The largest absolute Gasteiger partial charge is 0.300 e. The Bertz CT molecular complexity index is 329. The highest BCUT2D eigenvalue weighted by atomic mass is 16.1. The van der Waals surface area contributed by atoms with Gasteiger partial charge in [-0.15, -0.1) is 0 Å². The lowest BCUT2D eigenvalue weighted by Gasteiger charge is -2.16. The quantitative estimate of drug-likeness (QED) is 0.591. The minimum absolute atomic E-state index is 0.426. The molecule has 1 heteroatoms. The zero-order valence-electron chi connectivity index (χ0n) is 11.8. The standard InChI is InChI=1S/C17H26O/c1-3-5-10-16(14-17(18)13-6-4-2)15-11-8-7-9-12-15/h7-9,11-12,16H,3-6,10,13-14H2,1-2H3/t16-/m1/s1. The summed E-state index contributed by atoms with van der Waals surface area (Å²) >= 11 is 0. The molecule has 0 heterocycles. The van der Waals surface area contributed by atoms with Gasteiger partial charge < -0.3 is 0 Å². The molecule has 1 atom stereocenters. The van der Waals surface area contributed by atoms with E-state index in [0.717, 1.165) is 32.1 Å². The van der Waals surface area contributed by atoms with Crippen LogP contribution >= 0.6 is 0 Å². The van der Waals surface area contributed by atoms with Crippen molar-refractivity contribution in [1.82, 2.24) is 0 Å². The molecule has 0 amide bonds. The summed E-state index contributed by atoms with van der Waals surface area (Å²) in [4.78, 5) is 11.9. The molecule has 0 saturated heterocycles. The Morgan fingerprint density at radius 1 is 1.06 bits per heavy atom. The van der Waals surface area contributed by atoms with Crippen molar-refractivity contribution in [3.63, 3.8) is 0 Å². The summed E-state index contributed by atoms with van der Waals surface area (Å²) in [6.45, 7) is 4.35. The maximum atomic E-state index is 11.9. The van der Waals surface area contributed by atoms with Crippen molar-refractivity contribution in [1.29, 1.82) is 0 Å². The molecule has 1 rings (SSSR count). The van der Waals surface area contributed by atoms with Gasteiger partial charge in [-0.1, -0.05) is 63.4 Å². The van der Waals surface area contributed by atoms with Gasteiger partial charge in [0.2, 0.25) is 0 Å². The van der Waals surface area contributed by atoms with Crippen LogP contribution in [0, 0.1) is 0 Å². The first-order chi connectivity index (χ1) is 8.77. The predicted octanol–water partition coefficient (Wildman–Crippen LogP) is 5.11. The third-order valence-corrected chi connectivity index (χ3v) is 3.46. The van der Waals surface area contributed by atoms with Gasteiger partial charge in [0, 0.05) is 12.8 Å². The van der Waals surface area contributed by atoms with Crippen LogP contribution in [0.5, 0.6) is 0 Å². The number of Topliss-reactive ketones (excluding diaryl/α,β-unsaturated/α-hetero) is 1. The van der Waals surface area contributed by atoms with E-state index in [-0.39, 0.29) is 0 Å². The van der Waals surface area contributed by atoms with Crippen LogP contribution in [0.1, 0.15) is 70.3 Å². The van der Waals surface area contributed by atoms with Crippen LogP contribution in [-0.2, 0) is 4.79 Å². The average Bonchev–Trinajstić information content (AvgIpc) is 2.42. The van der Waals surface area contributed by atoms with Gasteiger partial charge in [-0.25, -0.2) is 0 Å². The molecule has 18 heavy (non-hydrogen) atoms. The van der Waals surface area contributed by atoms with E-state index in [1.165, 1.54) is 18.4 Å². The van der Waals surface area contributed by atoms with Crippen LogP contribution in [0.25, 0.3) is 0 Å². The molecular formula is C17H26O. The molecule has 0 radical (unpaired) electrons. The first-order valence-corrected chi connectivity index (χ1v) is 7.34. The van der Waals surface area contributed by atoms with E-state index in [9.17, 15) is 4.79 Å². The van der Waals surface area contributed by atoms with Crippen molar-refractivity contribution in [3.05, 3.63) is 35.9 Å². The SMILES string of the molecule is CCCCC(=O)C[C@@H](CCCC)c1ccccc1. The topological polar surface area (TPSA) is 17.1 Å². The van der Waals surface area contributed by atoms with Gasteiger partial charge in [-0.3, -0.25) is 4.79 Å². The van der Waals surface area contributed by atoms with Gasteiger partial charge in [0.05, 0.1) is 0 Å². The Morgan fingerprint density at radius 2 is 1.72 bits per heavy atom. The molecule has 0 aliphatic carbocycles. The molecule has 0 bridgehead atoms. The Kier molecular flexibility index (Phi) is 7.40. The molecule has 1 nitrogen and oxygen atoms in total. The van der Waals surface area contributed by atoms with E-state index in [0.29, 0.717) is 11.7 Å². The fourth-order valence-electron chi connectivity index (χ4n) is 2.31. The van der Waals surface area contributed by atoms with Gasteiger partial charge in [0.25, 0.3) is 0 Å². The molecule has 0 N–H and O–H groups in total. The number of ketones is 1. The third-order valence-electron chi connectivity index (χ3n) is 3.46. The summed E-state index contributed by atoms with van der Waals surface area (Å²) in [5.41, 5.74) is 1.33. The fourth-order valence-corrected chi connectivity index (χ4v) is 2.31. The Hall–Kier alpha value is -1.11. The maximum Gasteiger partial charge on any atom is 0.133 e. The van der Waals surface area contributed by atoms with Crippen LogP contribution in [-0.4, -0.2) is 5.78 Å². The molecule has 100 valence electrons. The van der Waals surface area contributed by atoms with E-state index < -0.39 is 0 Å². The summed E-state index contributed by atoms with van der Waals surface area (Å²) in [5, 5.41) is 0. The van der Waals surface area contributed by atoms with E-state index in [4.69, 9.17) is 0 Å². The van der Waals surface area contributed by atoms with Gasteiger partial charge in [0.15, 0.2) is 0 Å². The molecule has 1 aromatic rings. The lowest BCUT2D eigenvalue weighted by atomic mass is 9.88. The van der Waals surface area contributed by atoms with E-state index in [1.807, 2.05) is 6.07 Å². The summed E-state index contributed by atoms with van der Waals surface area (Å²) in [5.74, 6) is 0.859. The van der Waals surface area contributed by atoms with Crippen LogP contribution in [0.3, 0.4) is 0 Å². The van der Waals surface area contributed by atoms with Gasteiger partial charge in [-0.05, 0) is 24.3 Å². The second kappa shape index (κ2) is 8.91. The van der Waals surface area contributed by atoms with Crippen LogP contribution in [0.15, 0.2) is 30.3 Å². The number of benzene rings is 1. The maximum absolute atomic E-state index is 11.9. The van der Waals surface area contributed by atoms with E-state index in [1.54, 1.807) is 0 Å². The van der Waals surface area contributed by atoms with Gasteiger partial charge >= 0.3 is 0 Å². The third kappa shape index (κ3) is 5.48. The lowest BCUT2D eigenvalue weighted by molar-refractivity contribution is -0.119. The number of unbranched alkanes of at least 4 members (excludes halogenated alkanes) is 2. The highest BCUT2D eigenvalue weighted by Crippen LogP contribution is 2.26. The van der Waals surface area contributed by atoms with Crippen molar-refractivity contribution in [2.45, 2.75) is 64.7 Å². The van der Waals surface area contributed by atoms with Crippen molar-refractivity contribution < 1.29 is 4.79 Å². The zero-order valence-corrected chi connectivity index (χ0v) is 11.8. The van der Waals surface area contributed by atoms with Crippen molar-refractivity contribution >= 4 is 5.78 Å². The van der Waals surface area contributed by atoms with Gasteiger partial charge in [-0.2, -0.15) is 0 Å². The average molecular weight is 246 g/mol. The summed E-state index contributed by atoms with van der Waals surface area (Å²) in [6.07, 6.45) is 7.17. The van der Waals surface area contributed by atoms with Crippen LogP contribution in [0.4, 0.5) is 0 Å². The first kappa shape index (κ1) is 14.9. The van der Waals surface area contributed by atoms with Gasteiger partial charge in [0.1, 0.15) is 5.78 Å². The lowest BCUT2D eigenvalue weighted by Crippen LogP contribution is -2.07. The molecule has 0 aliphatic heterocycles. The van der Waals surface area contributed by atoms with Crippen molar-refractivity contribution in [3.8, 4) is 0 Å². The van der Waals surface area contributed by atoms with Crippen molar-refractivity contribution in [2.75, 3.05) is 0 Å². The minimum Gasteiger partial charge on any atom is -0.300 e. The number of hydrogen-bond acceptors (Lipinski definition) is 1. The van der Waals surface area contributed by atoms with Crippen LogP contribution in [0.2, 0.25) is 0 Å². The fraction of sp³-hybridized carbons (Fsp3) is 0.588. The Balaban J connectivity index is 2.58. The summed E-state index contributed by atoms with van der Waals surface area (Å²) in [6, 6.07) is 10.5. The Morgan fingerprint density at radius 3 is 2.33 bits per heavy atom. The predicted molar refractivity (Wildman–Crippen MR) is 77.9 cm³/mol. The second-order valence-electron chi connectivity index (χ2n) is 5.10. The molecule has 0 aromatic heterocycles. The van der Waals surface area contributed by atoms with E-state index >= 15 is 0 Å². The Labute approximate surface area is 112 Å².